The van der Waals surface area contributed by atoms with E-state index in [1.54, 1.807) is 18.3 Å². The molecular formula is C13H19N3O2. The number of carbonyl (C=O) groups is 1. The number of hydrogen-bond acceptors (Lipinski definition) is 3. The number of amides is 1. The van der Waals surface area contributed by atoms with Crippen molar-refractivity contribution in [2.24, 2.45) is 0 Å². The largest absolute Gasteiger partial charge is 0.337 e. The number of likely N-dealkylation sites (N-methyl/N-ethyl adjacent to an activating group) is 1. The Labute approximate surface area is 106 Å². The predicted octanol–water partition coefficient (Wildman–Crippen LogP) is 0.0587. The van der Waals surface area contributed by atoms with Gasteiger partial charge in [-0.3, -0.25) is 9.59 Å². The molecule has 0 bridgehead atoms. The summed E-state index contributed by atoms with van der Waals surface area (Å²) in [7, 11) is 1.89. The molecule has 1 saturated heterocycles. The Hall–Kier alpha value is -1.62. The van der Waals surface area contributed by atoms with Crippen LogP contribution < -0.4 is 10.9 Å². The van der Waals surface area contributed by atoms with Crippen LogP contribution in [0.3, 0.4) is 0 Å². The minimum Gasteiger partial charge on any atom is -0.337 e. The lowest BCUT2D eigenvalue weighted by Crippen LogP contribution is -2.43. The van der Waals surface area contributed by atoms with Gasteiger partial charge in [-0.1, -0.05) is 6.07 Å². The average molecular weight is 249 g/mol. The van der Waals surface area contributed by atoms with Crippen LogP contribution in [0.5, 0.6) is 0 Å². The Bertz CT molecular complexity index is 469. The van der Waals surface area contributed by atoms with Crippen LogP contribution in [0.1, 0.15) is 12.8 Å². The van der Waals surface area contributed by atoms with Crippen molar-refractivity contribution in [2.75, 3.05) is 20.1 Å². The number of rotatable bonds is 4. The van der Waals surface area contributed by atoms with Crippen LogP contribution in [0.15, 0.2) is 29.2 Å². The van der Waals surface area contributed by atoms with Gasteiger partial charge in [0.15, 0.2) is 0 Å². The molecule has 1 unspecified atom stereocenters. The molecule has 1 aromatic heterocycles. The molecule has 98 valence electrons. The molecule has 1 aromatic rings. The number of nitrogens with zero attached hydrogens (tertiary/aromatic N) is 2. The van der Waals surface area contributed by atoms with E-state index in [4.69, 9.17) is 0 Å². The highest BCUT2D eigenvalue weighted by Crippen LogP contribution is 2.16. The number of nitrogens with one attached hydrogen (secondary N) is 1. The normalized spacial score (nSPS) is 19.2. The third-order valence-electron chi connectivity index (χ3n) is 3.34. The monoisotopic (exact) mass is 249 g/mol. The van der Waals surface area contributed by atoms with Gasteiger partial charge >= 0.3 is 0 Å². The zero-order valence-corrected chi connectivity index (χ0v) is 10.6. The first-order chi connectivity index (χ1) is 8.72. The van der Waals surface area contributed by atoms with E-state index in [2.05, 4.69) is 5.32 Å². The molecule has 0 saturated carbocycles. The first-order valence-corrected chi connectivity index (χ1v) is 6.32. The molecule has 1 aliphatic rings. The molecule has 1 amide bonds. The van der Waals surface area contributed by atoms with Crippen molar-refractivity contribution in [3.05, 3.63) is 34.7 Å². The Morgan fingerprint density at radius 3 is 3.06 bits per heavy atom. The lowest BCUT2D eigenvalue weighted by molar-refractivity contribution is -0.132. The summed E-state index contributed by atoms with van der Waals surface area (Å²) >= 11 is 0. The summed E-state index contributed by atoms with van der Waals surface area (Å²) in [4.78, 5) is 25.6. The van der Waals surface area contributed by atoms with E-state index in [1.165, 1.54) is 10.6 Å². The first kappa shape index (κ1) is 12.8. The molecule has 0 aromatic carbocycles. The molecule has 0 spiro atoms. The fourth-order valence-corrected chi connectivity index (χ4v) is 2.44. The van der Waals surface area contributed by atoms with Crippen LogP contribution in [0, 0.1) is 0 Å². The molecule has 18 heavy (non-hydrogen) atoms. The lowest BCUT2D eigenvalue weighted by Gasteiger charge is -2.24. The van der Waals surface area contributed by atoms with Crippen molar-refractivity contribution in [1.29, 1.82) is 0 Å². The van der Waals surface area contributed by atoms with Gasteiger partial charge in [0.05, 0.1) is 0 Å². The predicted molar refractivity (Wildman–Crippen MR) is 69.4 cm³/mol. The number of aromatic nitrogens is 1. The highest BCUT2D eigenvalue weighted by atomic mass is 16.2. The average Bonchev–Trinajstić information content (AvgIpc) is 2.81. The summed E-state index contributed by atoms with van der Waals surface area (Å²) in [6.45, 7) is 1.75. The molecule has 5 nitrogen and oxygen atoms in total. The fourth-order valence-electron chi connectivity index (χ4n) is 2.44. The van der Waals surface area contributed by atoms with Gasteiger partial charge in [-0.15, -0.1) is 0 Å². The van der Waals surface area contributed by atoms with Crippen LogP contribution in [0.25, 0.3) is 0 Å². The topological polar surface area (TPSA) is 54.3 Å². The zero-order chi connectivity index (χ0) is 13.0. The summed E-state index contributed by atoms with van der Waals surface area (Å²) in [5, 5.41) is 3.11. The highest BCUT2D eigenvalue weighted by molar-refractivity contribution is 5.76. The van der Waals surface area contributed by atoms with E-state index in [9.17, 15) is 9.59 Å². The second kappa shape index (κ2) is 5.82. The molecule has 1 N–H and O–H groups in total. The second-order valence-corrected chi connectivity index (χ2v) is 4.61. The number of pyridine rings is 1. The lowest BCUT2D eigenvalue weighted by atomic mass is 10.2. The summed E-state index contributed by atoms with van der Waals surface area (Å²) < 4.78 is 1.46. The Balaban J connectivity index is 2.04. The van der Waals surface area contributed by atoms with Crippen molar-refractivity contribution in [3.63, 3.8) is 0 Å². The molecule has 0 aliphatic carbocycles. The van der Waals surface area contributed by atoms with Crippen LogP contribution in [0.2, 0.25) is 0 Å². The van der Waals surface area contributed by atoms with Gasteiger partial charge < -0.3 is 14.8 Å². The smallest absolute Gasteiger partial charge is 0.250 e. The van der Waals surface area contributed by atoms with Crippen molar-refractivity contribution < 1.29 is 4.79 Å². The van der Waals surface area contributed by atoms with Gasteiger partial charge in [0.2, 0.25) is 5.91 Å². The molecule has 1 aliphatic heterocycles. The molecule has 1 fully saturated rings. The van der Waals surface area contributed by atoms with Crippen molar-refractivity contribution in [3.8, 4) is 0 Å². The van der Waals surface area contributed by atoms with E-state index < -0.39 is 0 Å². The molecule has 1 atom stereocenters. The van der Waals surface area contributed by atoms with Crippen LogP contribution >= 0.6 is 0 Å². The SMILES string of the molecule is CNCC1CCCN1C(=O)Cn1ccccc1=O. The van der Waals surface area contributed by atoms with Gasteiger partial charge in [-0.25, -0.2) is 0 Å². The standard InChI is InChI=1S/C13H19N3O2/c1-14-9-11-5-4-8-16(11)13(18)10-15-7-3-2-6-12(15)17/h2-3,6-7,11,14H,4-5,8-10H2,1H3. The molecule has 5 heteroatoms. The molecule has 0 radical (unpaired) electrons. The Morgan fingerprint density at radius 1 is 1.50 bits per heavy atom. The Kier molecular flexibility index (Phi) is 4.15. The van der Waals surface area contributed by atoms with Crippen LogP contribution in [0.4, 0.5) is 0 Å². The van der Waals surface area contributed by atoms with Gasteiger partial charge in [0, 0.05) is 31.4 Å². The van der Waals surface area contributed by atoms with Crippen LogP contribution in [-0.4, -0.2) is 41.6 Å². The van der Waals surface area contributed by atoms with E-state index in [1.807, 2.05) is 11.9 Å². The minimum atomic E-state index is -0.129. The first-order valence-electron chi connectivity index (χ1n) is 6.32. The van der Waals surface area contributed by atoms with E-state index in [0.717, 1.165) is 25.9 Å². The van der Waals surface area contributed by atoms with Crippen LogP contribution in [-0.2, 0) is 11.3 Å². The number of carbonyl (C=O) groups excluding carboxylic acids is 1. The number of likely N-dealkylation sites (tertiary alicyclic amines) is 1. The molecular weight excluding hydrogens is 230 g/mol. The highest BCUT2D eigenvalue weighted by Gasteiger charge is 2.27. The maximum Gasteiger partial charge on any atom is 0.250 e. The maximum atomic E-state index is 12.2. The van der Waals surface area contributed by atoms with E-state index >= 15 is 0 Å². The third kappa shape index (κ3) is 2.79. The van der Waals surface area contributed by atoms with E-state index in [-0.39, 0.29) is 24.1 Å². The van der Waals surface area contributed by atoms with E-state index in [0.29, 0.717) is 0 Å². The Morgan fingerprint density at radius 2 is 2.33 bits per heavy atom. The zero-order valence-electron chi connectivity index (χ0n) is 10.6. The summed E-state index contributed by atoms with van der Waals surface area (Å²) in [6.07, 6.45) is 3.74. The van der Waals surface area contributed by atoms with Gasteiger partial charge in [0.1, 0.15) is 6.54 Å². The van der Waals surface area contributed by atoms with Gasteiger partial charge in [0.25, 0.3) is 5.56 Å². The second-order valence-electron chi connectivity index (χ2n) is 4.61. The summed E-state index contributed by atoms with van der Waals surface area (Å²) in [5.74, 6) is 0.0288. The molecule has 2 heterocycles. The maximum absolute atomic E-state index is 12.2. The fraction of sp³-hybridized carbons (Fsp3) is 0.538. The van der Waals surface area contributed by atoms with Gasteiger partial charge in [-0.05, 0) is 26.0 Å². The van der Waals surface area contributed by atoms with Gasteiger partial charge in [-0.2, -0.15) is 0 Å². The quantitative estimate of drug-likeness (QED) is 0.821. The van der Waals surface area contributed by atoms with Crippen molar-refractivity contribution in [1.82, 2.24) is 14.8 Å². The minimum absolute atomic E-state index is 0.0288. The molecule has 2 rings (SSSR count). The number of hydrogen-bond donors (Lipinski definition) is 1. The van der Waals surface area contributed by atoms with Crippen molar-refractivity contribution in [2.45, 2.75) is 25.4 Å². The summed E-state index contributed by atoms with van der Waals surface area (Å²) in [5.41, 5.74) is -0.129. The van der Waals surface area contributed by atoms with Crippen molar-refractivity contribution >= 4 is 5.91 Å². The summed E-state index contributed by atoms with van der Waals surface area (Å²) in [6, 6.07) is 5.19. The third-order valence-corrected chi connectivity index (χ3v) is 3.34.